The van der Waals surface area contributed by atoms with Crippen LogP contribution in [0.15, 0.2) is 48.3 Å². The minimum absolute atomic E-state index is 0.00638. The molecule has 69 heavy (non-hydrogen) atoms. The summed E-state index contributed by atoms with van der Waals surface area (Å²) in [6.07, 6.45) is -15.1. The number of hydrogen-bond donors (Lipinski definition) is 12. The van der Waals surface area contributed by atoms with E-state index in [2.05, 4.69) is 41.1 Å². The number of anilines is 2. The number of fused-ring (bicyclic) bond motifs is 2. The van der Waals surface area contributed by atoms with Gasteiger partial charge in [0, 0.05) is 11.9 Å². The van der Waals surface area contributed by atoms with E-state index in [0.29, 0.717) is 0 Å². The lowest BCUT2D eigenvalue weighted by Gasteiger charge is -2.30. The average Bonchev–Trinajstić information content (AvgIpc) is 4.06. The Kier molecular flexibility index (Phi) is 14.9. The number of aliphatic hydroxyl groups excluding tert-OH is 4. The molecule has 4 aromatic rings. The van der Waals surface area contributed by atoms with Gasteiger partial charge in [-0.2, -0.15) is 0 Å². The molecular weight excluding hydrogens is 1020 g/mol. The van der Waals surface area contributed by atoms with Crippen LogP contribution in [0.25, 0.3) is 22.3 Å². The number of allylic oxidation sites excluding steroid dienone is 1. The Balaban J connectivity index is 0.882. The molecule has 38 heteroatoms. The molecule has 4 aliphatic rings. The van der Waals surface area contributed by atoms with E-state index >= 15 is 4.39 Å². The molecule has 33 nitrogen and oxygen atoms in total. The van der Waals surface area contributed by atoms with E-state index in [4.69, 9.17) is 48.1 Å². The number of amides is 2. The summed E-state index contributed by atoms with van der Waals surface area (Å²) in [5.41, 5.74) is 11.1. The first-order valence-electron chi connectivity index (χ1n) is 19.6. The number of imidazole rings is 2. The SMILES string of the molecule is C=C1C=CN([C@@H]2O[C@H](COP(=O)(O)OC3[C@@H](COP(=O)(O)OP(O)OP(O)OC[C@H]4O[C@@H]([n+]5cn(C)c6c(=O)[nH]c(N)nc65)[C@@H](O)C4O)O[C@@H](n4cnc5c(N)ncnc54)[C@H]3F)C(O)[C@@H]2O)C(=O)N1. The molecule has 0 bridgehead atoms. The van der Waals surface area contributed by atoms with Gasteiger partial charge in [0.15, 0.2) is 36.4 Å². The molecule has 0 aliphatic carbocycles. The molecule has 3 saturated heterocycles. The lowest BCUT2D eigenvalue weighted by molar-refractivity contribution is -0.745. The van der Waals surface area contributed by atoms with Crippen LogP contribution in [-0.2, 0) is 57.1 Å². The summed E-state index contributed by atoms with van der Waals surface area (Å²) >= 11 is 0. The van der Waals surface area contributed by atoms with E-state index < -0.39 is 138 Å². The topological polar surface area (TPSA) is 462 Å². The predicted molar refractivity (Wildman–Crippen MR) is 223 cm³/mol. The molecule has 378 valence electrons. The molecule has 3 fully saturated rings. The fraction of sp³-hybridized carbons (Fsp3) is 0.516. The standard InChI is InChI=1S/C31H41FN12O21P4/c1-11-3-4-42(31(50)38-11)28-20(47)19(46)13(61-28)6-58-68(53,54)63-22-14(62-27(15(22)32)43-9-37-16-23(33)35-8-36-24(16)43)7-59-69(55,56)65-67(52)64-66(51)57-5-12-18(45)21(48)29(60-12)44-10-41(2)17-25(44)39-30(34)40-26(17)49/h3-4,8-10,12-15,18-22,27-29,45-48,51-52H,1,5-7H2,2H3,(H7-,33,34,35,36,38,39,40,49,50,53,54,55,56)/p+1/t12-,13-,14-,15+,18?,19?,20+,21+,22?,27-,28-,29-,66?,67?/m1/s1. The number of carbonyl (C=O) groups is 1. The van der Waals surface area contributed by atoms with E-state index in [9.17, 15) is 58.7 Å². The number of aromatic amines is 1. The van der Waals surface area contributed by atoms with E-state index in [1.165, 1.54) is 34.8 Å². The number of hydrogen-bond acceptors (Lipinski definition) is 25. The van der Waals surface area contributed by atoms with E-state index in [1.54, 1.807) is 0 Å². The van der Waals surface area contributed by atoms with Gasteiger partial charge < -0.3 is 75.5 Å². The number of nitrogens with zero attached hydrogens (tertiary/aromatic N) is 8. The van der Waals surface area contributed by atoms with Crippen molar-refractivity contribution in [3.63, 3.8) is 0 Å². The maximum Gasteiger partial charge on any atom is 0.479 e. The van der Waals surface area contributed by atoms with Crippen LogP contribution >= 0.6 is 32.9 Å². The lowest BCUT2D eigenvalue weighted by atomic mass is 10.1. The Hall–Kier alpha value is -4.18. The van der Waals surface area contributed by atoms with Crippen LogP contribution in [0.5, 0.6) is 0 Å². The summed E-state index contributed by atoms with van der Waals surface area (Å²) in [6.45, 7) is 0.666. The molecule has 2 amide bonds. The van der Waals surface area contributed by atoms with E-state index in [0.717, 1.165) is 22.1 Å². The van der Waals surface area contributed by atoms with Gasteiger partial charge in [-0.25, -0.2) is 46.5 Å². The largest absolute Gasteiger partial charge is 0.479 e. The number of ether oxygens (including phenoxy) is 3. The zero-order valence-electron chi connectivity index (χ0n) is 34.9. The molecule has 8 rings (SSSR count). The molecule has 0 aromatic carbocycles. The third kappa shape index (κ3) is 10.7. The van der Waals surface area contributed by atoms with Gasteiger partial charge in [0.25, 0.3) is 11.5 Å². The molecule has 14 N–H and O–H groups in total. The molecule has 8 heterocycles. The Morgan fingerprint density at radius 3 is 2.35 bits per heavy atom. The lowest BCUT2D eigenvalue weighted by Crippen LogP contribution is -2.49. The van der Waals surface area contributed by atoms with Crippen molar-refractivity contribution < 1.29 is 104 Å². The molecule has 7 unspecified atom stereocenters. The Labute approximate surface area is 386 Å². The normalized spacial score (nSPS) is 32.2. The summed E-state index contributed by atoms with van der Waals surface area (Å²) in [5.74, 6) is -0.365. The van der Waals surface area contributed by atoms with Crippen LogP contribution in [-0.4, -0.2) is 166 Å². The quantitative estimate of drug-likeness (QED) is 0.0349. The summed E-state index contributed by atoms with van der Waals surface area (Å²) in [6, 6.07) is -0.782. The maximum absolute atomic E-state index is 16.4. The van der Waals surface area contributed by atoms with Crippen LogP contribution in [0.2, 0.25) is 0 Å². The van der Waals surface area contributed by atoms with Crippen LogP contribution in [0.1, 0.15) is 12.5 Å². The number of aliphatic hydroxyl groups is 4. The fourth-order valence-electron chi connectivity index (χ4n) is 7.43. The number of halogens is 1. The maximum atomic E-state index is 16.4. The molecular formula is C31H42FN12O21P4+. The summed E-state index contributed by atoms with van der Waals surface area (Å²) in [4.78, 5) is 85.8. The number of rotatable bonds is 18. The van der Waals surface area contributed by atoms with Crippen molar-refractivity contribution in [2.75, 3.05) is 31.3 Å². The minimum Gasteiger partial charge on any atom is -0.387 e. The second-order valence-electron chi connectivity index (χ2n) is 15.2. The van der Waals surface area contributed by atoms with Crippen molar-refractivity contribution >= 4 is 73.0 Å². The van der Waals surface area contributed by atoms with Gasteiger partial charge in [-0.15, -0.1) is 0 Å². The zero-order chi connectivity index (χ0) is 49.9. The molecule has 4 aromatic heterocycles. The van der Waals surface area contributed by atoms with Gasteiger partial charge in [0.2, 0.25) is 11.7 Å². The number of aryl methyl sites for hydroxylation is 1. The van der Waals surface area contributed by atoms with Crippen LogP contribution in [0, 0.1) is 0 Å². The number of nitrogens with one attached hydrogen (secondary N) is 2. The van der Waals surface area contributed by atoms with E-state index in [1.807, 2.05) is 0 Å². The average molecular weight is 1060 g/mol. The third-order valence-electron chi connectivity index (χ3n) is 10.6. The monoisotopic (exact) mass is 1060 g/mol. The molecule has 0 saturated carbocycles. The highest BCUT2D eigenvalue weighted by molar-refractivity contribution is 7.62. The van der Waals surface area contributed by atoms with Gasteiger partial charge in [-0.1, -0.05) is 11.6 Å². The molecule has 0 radical (unpaired) electrons. The number of carbonyl (C=O) groups excluding carboxylic acids is 1. The smallest absolute Gasteiger partial charge is 0.387 e. The highest BCUT2D eigenvalue weighted by atomic mass is 31.3. The van der Waals surface area contributed by atoms with Crippen LogP contribution in [0.3, 0.4) is 0 Å². The van der Waals surface area contributed by atoms with E-state index in [-0.39, 0.29) is 39.8 Å². The third-order valence-corrected chi connectivity index (χ3v) is 14.9. The fourth-order valence-corrected chi connectivity index (χ4v) is 10.9. The molecule has 16 atom stereocenters. The van der Waals surface area contributed by atoms with Crippen molar-refractivity contribution in [2.24, 2.45) is 7.05 Å². The van der Waals surface area contributed by atoms with Crippen LogP contribution < -0.4 is 26.9 Å². The minimum atomic E-state index is -5.50. The number of alkyl halides is 1. The van der Waals surface area contributed by atoms with Crippen molar-refractivity contribution in [3.8, 4) is 0 Å². The van der Waals surface area contributed by atoms with Gasteiger partial charge in [-0.3, -0.25) is 37.4 Å². The van der Waals surface area contributed by atoms with Crippen molar-refractivity contribution in [1.82, 2.24) is 44.3 Å². The summed E-state index contributed by atoms with van der Waals surface area (Å²) in [7, 11) is -16.2. The Bertz CT molecular complexity index is 2780. The highest BCUT2D eigenvalue weighted by Gasteiger charge is 2.53. The number of phosphoric acid groups is 2. The number of nitrogen functional groups attached to an aromatic ring is 2. The Morgan fingerprint density at radius 1 is 0.928 bits per heavy atom. The second kappa shape index (κ2) is 20.1. The van der Waals surface area contributed by atoms with Gasteiger partial charge in [0.1, 0.15) is 60.7 Å². The number of H-pyrrole nitrogens is 1. The number of aromatic nitrogens is 8. The number of urea groups is 1. The molecule has 0 spiro atoms. The Morgan fingerprint density at radius 2 is 1.61 bits per heavy atom. The first-order valence-corrected chi connectivity index (χ1v) is 24.9. The first-order chi connectivity index (χ1) is 32.5. The van der Waals surface area contributed by atoms with Gasteiger partial charge >= 0.3 is 44.5 Å². The highest BCUT2D eigenvalue weighted by Crippen LogP contribution is 2.61. The number of phosphoric ester groups is 2. The second-order valence-corrected chi connectivity index (χ2v) is 20.3. The zero-order valence-corrected chi connectivity index (χ0v) is 38.5. The molecule has 4 aliphatic heterocycles. The number of nitrogens with two attached hydrogens (primary N) is 2. The van der Waals surface area contributed by atoms with Gasteiger partial charge in [0.05, 0.1) is 33.2 Å². The summed E-state index contributed by atoms with van der Waals surface area (Å²) < 4.78 is 92.7. The van der Waals surface area contributed by atoms with Crippen molar-refractivity contribution in [3.05, 3.63) is 53.9 Å². The van der Waals surface area contributed by atoms with Crippen LogP contribution in [0.4, 0.5) is 21.0 Å². The van der Waals surface area contributed by atoms with Gasteiger partial charge in [-0.05, 0) is 6.08 Å². The van der Waals surface area contributed by atoms with Crippen molar-refractivity contribution in [1.29, 1.82) is 0 Å². The summed E-state index contributed by atoms with van der Waals surface area (Å²) in [5, 5.41) is 45.0. The first kappa shape index (κ1) is 51.2. The van der Waals surface area contributed by atoms with Crippen molar-refractivity contribution in [2.45, 2.75) is 73.7 Å². The predicted octanol–water partition coefficient (Wildman–Crippen LogP) is -2.99.